The lowest BCUT2D eigenvalue weighted by Gasteiger charge is -2.10. The highest BCUT2D eigenvalue weighted by atomic mass is 32.2. The summed E-state index contributed by atoms with van der Waals surface area (Å²) in [6.07, 6.45) is 1.51. The summed E-state index contributed by atoms with van der Waals surface area (Å²) in [6.45, 7) is 2.17. The molecule has 0 bridgehead atoms. The number of nitrogens with zero attached hydrogens (tertiary/aromatic N) is 1. The maximum absolute atomic E-state index is 11.0. The van der Waals surface area contributed by atoms with Crippen molar-refractivity contribution in [3.8, 4) is 17.2 Å². The zero-order chi connectivity index (χ0) is 17.7. The van der Waals surface area contributed by atoms with Crippen LogP contribution in [-0.2, 0) is 10.1 Å². The number of phenols is 1. The van der Waals surface area contributed by atoms with Crippen LogP contribution >= 0.6 is 0 Å². The Hall–Kier alpha value is -2.58. The van der Waals surface area contributed by atoms with Crippen molar-refractivity contribution in [1.82, 2.24) is 0 Å². The topological polar surface area (TPSA) is 105 Å². The molecule has 0 saturated heterocycles. The molecule has 2 aromatic rings. The normalized spacial score (nSPS) is 11.6. The van der Waals surface area contributed by atoms with E-state index in [4.69, 9.17) is 14.0 Å². The summed E-state index contributed by atoms with van der Waals surface area (Å²) in [4.78, 5) is 4.06. The van der Waals surface area contributed by atoms with Gasteiger partial charge in [-0.15, -0.1) is 0 Å². The van der Waals surface area contributed by atoms with E-state index in [1.165, 1.54) is 37.6 Å². The molecule has 2 N–H and O–H groups in total. The van der Waals surface area contributed by atoms with Gasteiger partial charge in [0, 0.05) is 18.3 Å². The van der Waals surface area contributed by atoms with Crippen LogP contribution in [0.25, 0.3) is 0 Å². The first kappa shape index (κ1) is 17.8. The first-order valence-corrected chi connectivity index (χ1v) is 8.44. The summed E-state index contributed by atoms with van der Waals surface area (Å²) in [6, 6.07) is 8.67. The molecule has 0 fully saturated rings. The predicted octanol–water partition coefficient (Wildman–Crippen LogP) is 2.80. The fraction of sp³-hybridized carbons (Fsp3) is 0.188. The van der Waals surface area contributed by atoms with E-state index in [1.807, 2.05) is 0 Å². The second-order valence-corrected chi connectivity index (χ2v) is 6.15. The van der Waals surface area contributed by atoms with Crippen LogP contribution in [0.15, 0.2) is 46.3 Å². The Labute approximate surface area is 139 Å². The average molecular weight is 351 g/mol. The van der Waals surface area contributed by atoms with E-state index in [0.717, 1.165) is 0 Å². The number of aliphatic imine (C=N–C) groups is 1. The number of phenolic OH excluding ortho intramolecular Hbond substituents is 1. The molecule has 0 atom stereocenters. The second kappa shape index (κ2) is 7.33. The minimum atomic E-state index is -4.22. The third-order valence-electron chi connectivity index (χ3n) is 3.09. The molecule has 0 aliphatic rings. The number of rotatable bonds is 6. The summed E-state index contributed by atoms with van der Waals surface area (Å²) in [5, 5.41) is 9.95. The van der Waals surface area contributed by atoms with Gasteiger partial charge in [-0.1, -0.05) is 12.1 Å². The van der Waals surface area contributed by atoms with Gasteiger partial charge in [0.1, 0.15) is 0 Å². The maximum Gasteiger partial charge on any atom is 0.294 e. The van der Waals surface area contributed by atoms with Crippen molar-refractivity contribution in [2.24, 2.45) is 4.99 Å². The van der Waals surface area contributed by atoms with E-state index in [1.54, 1.807) is 19.1 Å². The molecule has 24 heavy (non-hydrogen) atoms. The molecule has 0 spiro atoms. The Kier molecular flexibility index (Phi) is 5.42. The number of hydrogen-bond acceptors (Lipinski definition) is 6. The quantitative estimate of drug-likeness (QED) is 0.612. The van der Waals surface area contributed by atoms with E-state index < -0.39 is 10.1 Å². The summed E-state index contributed by atoms with van der Waals surface area (Å²) >= 11 is 0. The van der Waals surface area contributed by atoms with Crippen molar-refractivity contribution in [2.75, 3.05) is 13.7 Å². The van der Waals surface area contributed by atoms with Crippen molar-refractivity contribution in [1.29, 1.82) is 0 Å². The van der Waals surface area contributed by atoms with Gasteiger partial charge in [-0.2, -0.15) is 8.42 Å². The first-order valence-electron chi connectivity index (χ1n) is 7.00. The Morgan fingerprint density at radius 2 is 1.79 bits per heavy atom. The third-order valence-corrected chi connectivity index (χ3v) is 3.95. The second-order valence-electron chi connectivity index (χ2n) is 4.73. The van der Waals surface area contributed by atoms with Gasteiger partial charge in [-0.05, 0) is 24.6 Å². The van der Waals surface area contributed by atoms with Gasteiger partial charge < -0.3 is 14.6 Å². The van der Waals surface area contributed by atoms with Crippen LogP contribution in [0, 0.1) is 0 Å². The maximum atomic E-state index is 11.0. The highest BCUT2D eigenvalue weighted by Crippen LogP contribution is 2.40. The Morgan fingerprint density at radius 1 is 1.17 bits per heavy atom. The summed E-state index contributed by atoms with van der Waals surface area (Å²) in [7, 11) is -2.79. The molecule has 8 heteroatoms. The molecular formula is C16H17NO6S. The number of benzene rings is 2. The van der Waals surface area contributed by atoms with Crippen molar-refractivity contribution in [3.63, 3.8) is 0 Å². The van der Waals surface area contributed by atoms with E-state index in [0.29, 0.717) is 17.9 Å². The average Bonchev–Trinajstić information content (AvgIpc) is 2.55. The number of hydrogen-bond donors (Lipinski definition) is 2. The lowest BCUT2D eigenvalue weighted by atomic mass is 10.2. The van der Waals surface area contributed by atoms with Crippen molar-refractivity contribution in [2.45, 2.75) is 11.8 Å². The molecule has 128 valence electrons. The number of methoxy groups -OCH3 is 1. The summed E-state index contributed by atoms with van der Waals surface area (Å²) in [5.74, 6) is 0.386. The van der Waals surface area contributed by atoms with Gasteiger partial charge in [0.15, 0.2) is 11.5 Å². The summed E-state index contributed by atoms with van der Waals surface area (Å²) in [5.41, 5.74) is 1.12. The van der Waals surface area contributed by atoms with Crippen LogP contribution in [0.1, 0.15) is 12.5 Å². The smallest absolute Gasteiger partial charge is 0.294 e. The molecule has 0 saturated carbocycles. The van der Waals surface area contributed by atoms with Crippen LogP contribution in [0.5, 0.6) is 17.2 Å². The lowest BCUT2D eigenvalue weighted by molar-refractivity contribution is 0.305. The predicted molar refractivity (Wildman–Crippen MR) is 89.3 cm³/mol. The van der Waals surface area contributed by atoms with Gasteiger partial charge in [-0.25, -0.2) is 0 Å². The van der Waals surface area contributed by atoms with Gasteiger partial charge in [-0.3, -0.25) is 9.55 Å². The van der Waals surface area contributed by atoms with Gasteiger partial charge in [0.2, 0.25) is 5.75 Å². The van der Waals surface area contributed by atoms with Crippen molar-refractivity contribution < 1.29 is 27.6 Å². The molecule has 0 aliphatic heterocycles. The standard InChI is InChI=1S/C16H17NO6S/c1-3-23-15-9-12(8-14(22-2)16(15)18)17-10-11-4-6-13(7-5-11)24(19,20)21/h4-10,18H,3H2,1-2H3,(H,19,20,21). The van der Waals surface area contributed by atoms with Crippen LogP contribution in [-0.4, -0.2) is 38.0 Å². The fourth-order valence-corrected chi connectivity index (χ4v) is 2.42. The number of ether oxygens (including phenoxy) is 2. The van der Waals surface area contributed by atoms with Crippen LogP contribution < -0.4 is 9.47 Å². The van der Waals surface area contributed by atoms with E-state index in [-0.39, 0.29) is 22.1 Å². The molecule has 0 radical (unpaired) electrons. The zero-order valence-electron chi connectivity index (χ0n) is 13.1. The molecule has 7 nitrogen and oxygen atoms in total. The molecule has 2 rings (SSSR count). The van der Waals surface area contributed by atoms with Crippen molar-refractivity contribution >= 4 is 22.0 Å². The molecule has 2 aromatic carbocycles. The van der Waals surface area contributed by atoms with Crippen LogP contribution in [0.2, 0.25) is 0 Å². The minimum absolute atomic E-state index is 0.101. The Morgan fingerprint density at radius 3 is 2.33 bits per heavy atom. The molecular weight excluding hydrogens is 334 g/mol. The number of aromatic hydroxyl groups is 1. The van der Waals surface area contributed by atoms with Crippen LogP contribution in [0.3, 0.4) is 0 Å². The summed E-state index contributed by atoms with van der Waals surface area (Å²) < 4.78 is 41.3. The Balaban J connectivity index is 2.29. The minimum Gasteiger partial charge on any atom is -0.502 e. The highest BCUT2D eigenvalue weighted by Gasteiger charge is 2.11. The molecule has 0 heterocycles. The van der Waals surface area contributed by atoms with E-state index >= 15 is 0 Å². The largest absolute Gasteiger partial charge is 0.502 e. The first-order chi connectivity index (χ1) is 11.3. The monoisotopic (exact) mass is 351 g/mol. The fourth-order valence-electron chi connectivity index (χ4n) is 1.94. The van der Waals surface area contributed by atoms with E-state index in [9.17, 15) is 13.5 Å². The SMILES string of the molecule is CCOc1cc(N=Cc2ccc(S(=O)(=O)O)cc2)cc(OC)c1O. The highest BCUT2D eigenvalue weighted by molar-refractivity contribution is 7.85. The molecule has 0 aromatic heterocycles. The van der Waals surface area contributed by atoms with Gasteiger partial charge in [0.05, 0.1) is 24.3 Å². The lowest BCUT2D eigenvalue weighted by Crippen LogP contribution is -1.97. The molecule has 0 unspecified atom stereocenters. The zero-order valence-corrected chi connectivity index (χ0v) is 13.9. The molecule has 0 aliphatic carbocycles. The Bertz CT molecular complexity index is 844. The van der Waals surface area contributed by atoms with Gasteiger partial charge >= 0.3 is 0 Å². The third kappa shape index (κ3) is 4.24. The van der Waals surface area contributed by atoms with Crippen molar-refractivity contribution in [3.05, 3.63) is 42.0 Å². The molecule has 0 amide bonds. The van der Waals surface area contributed by atoms with Gasteiger partial charge in [0.25, 0.3) is 10.1 Å². The van der Waals surface area contributed by atoms with Crippen LogP contribution in [0.4, 0.5) is 5.69 Å². The van der Waals surface area contributed by atoms with E-state index in [2.05, 4.69) is 4.99 Å².